The number of nitrogens with zero attached hydrogens (tertiary/aromatic N) is 2. The van der Waals surface area contributed by atoms with Crippen LogP contribution in [-0.4, -0.2) is 36.5 Å². The number of amides is 2. The number of thiazole rings is 1. The van der Waals surface area contributed by atoms with Crippen molar-refractivity contribution in [1.82, 2.24) is 9.29 Å². The summed E-state index contributed by atoms with van der Waals surface area (Å²) in [6.07, 6.45) is -2.86. The number of hydrogen-bond donors (Lipinski definition) is 2. The van der Waals surface area contributed by atoms with Gasteiger partial charge in [-0.1, -0.05) is 11.3 Å². The van der Waals surface area contributed by atoms with Gasteiger partial charge >= 0.3 is 12.2 Å². The Kier molecular flexibility index (Phi) is 5.14. The van der Waals surface area contributed by atoms with E-state index in [9.17, 15) is 26.4 Å². The van der Waals surface area contributed by atoms with Crippen molar-refractivity contribution < 1.29 is 26.4 Å². The largest absolute Gasteiger partial charge is 0.416 e. The van der Waals surface area contributed by atoms with Gasteiger partial charge in [-0.25, -0.2) is 18.2 Å². The second kappa shape index (κ2) is 7.09. The highest BCUT2D eigenvalue weighted by atomic mass is 32.2. The molecule has 0 spiro atoms. The van der Waals surface area contributed by atoms with Gasteiger partial charge in [-0.05, 0) is 24.3 Å². The lowest BCUT2D eigenvalue weighted by atomic mass is 10.2. The van der Waals surface area contributed by atoms with Crippen LogP contribution in [0, 0.1) is 0 Å². The number of sulfonamides is 1. The summed E-state index contributed by atoms with van der Waals surface area (Å²) in [7, 11) is -3.30. The second-order valence-electron chi connectivity index (χ2n) is 5.89. The number of fused-ring (bicyclic) bond motifs is 1. The van der Waals surface area contributed by atoms with E-state index in [0.717, 1.165) is 52.4 Å². The van der Waals surface area contributed by atoms with E-state index in [2.05, 4.69) is 15.6 Å². The highest BCUT2D eigenvalue weighted by Crippen LogP contribution is 2.31. The van der Waals surface area contributed by atoms with E-state index >= 15 is 0 Å². The standard InChI is InChI=1S/C15H15F3N4O3S2/c1-27(24,25)22-7-6-11-12(8-22)26-14(20-11)21-13(23)19-10-4-2-9(3-5-10)15(16,17)18/h2-5H,6-8H2,1H3,(H2,19,20,21,23). The van der Waals surface area contributed by atoms with Gasteiger partial charge in [-0.15, -0.1) is 0 Å². The van der Waals surface area contributed by atoms with Crippen LogP contribution in [0.4, 0.5) is 28.8 Å². The molecule has 0 saturated heterocycles. The Bertz CT molecular complexity index is 956. The van der Waals surface area contributed by atoms with Crippen molar-refractivity contribution in [3.63, 3.8) is 0 Å². The molecular formula is C15H15F3N4O3S2. The first-order valence-corrected chi connectivity index (χ1v) is 10.4. The molecule has 3 rings (SSSR count). The van der Waals surface area contributed by atoms with Gasteiger partial charge in [0.2, 0.25) is 10.0 Å². The lowest BCUT2D eigenvalue weighted by molar-refractivity contribution is -0.137. The summed E-state index contributed by atoms with van der Waals surface area (Å²) in [5.74, 6) is 0. The van der Waals surface area contributed by atoms with E-state index in [4.69, 9.17) is 0 Å². The summed E-state index contributed by atoms with van der Waals surface area (Å²) in [4.78, 5) is 17.0. The van der Waals surface area contributed by atoms with Crippen LogP contribution in [0.5, 0.6) is 0 Å². The number of carbonyl (C=O) groups is 1. The molecule has 0 atom stereocenters. The molecule has 1 aliphatic rings. The van der Waals surface area contributed by atoms with Gasteiger partial charge in [0.05, 0.1) is 17.5 Å². The van der Waals surface area contributed by atoms with Crippen LogP contribution in [0.15, 0.2) is 24.3 Å². The molecular weight excluding hydrogens is 405 g/mol. The molecule has 2 aromatic rings. The van der Waals surface area contributed by atoms with Gasteiger partial charge in [0.1, 0.15) is 0 Å². The maximum atomic E-state index is 12.5. The number of carbonyl (C=O) groups excluding carboxylic acids is 1. The maximum absolute atomic E-state index is 12.5. The summed E-state index contributed by atoms with van der Waals surface area (Å²) < 4.78 is 62.2. The van der Waals surface area contributed by atoms with Gasteiger partial charge in [-0.3, -0.25) is 5.32 Å². The van der Waals surface area contributed by atoms with Crippen LogP contribution in [0.2, 0.25) is 0 Å². The minimum atomic E-state index is -4.44. The van der Waals surface area contributed by atoms with E-state index in [1.807, 2.05) is 0 Å². The fraction of sp³-hybridized carbons (Fsp3) is 0.333. The van der Waals surface area contributed by atoms with Crippen molar-refractivity contribution in [2.45, 2.75) is 19.1 Å². The molecule has 0 radical (unpaired) electrons. The molecule has 146 valence electrons. The highest BCUT2D eigenvalue weighted by molar-refractivity contribution is 7.88. The van der Waals surface area contributed by atoms with Crippen LogP contribution in [0.25, 0.3) is 0 Å². The highest BCUT2D eigenvalue weighted by Gasteiger charge is 2.30. The Hall–Kier alpha value is -2.18. The quantitative estimate of drug-likeness (QED) is 0.798. The maximum Gasteiger partial charge on any atom is 0.416 e. The fourth-order valence-corrected chi connectivity index (χ4v) is 4.40. The third-order valence-electron chi connectivity index (χ3n) is 3.86. The Morgan fingerprint density at radius 2 is 1.89 bits per heavy atom. The topological polar surface area (TPSA) is 91.4 Å². The van der Waals surface area contributed by atoms with E-state index in [0.29, 0.717) is 18.1 Å². The van der Waals surface area contributed by atoms with Crippen LogP contribution in [0.3, 0.4) is 0 Å². The summed E-state index contributed by atoms with van der Waals surface area (Å²) in [5, 5.41) is 5.23. The Morgan fingerprint density at radius 3 is 2.48 bits per heavy atom. The normalized spacial score (nSPS) is 15.3. The molecule has 2 heterocycles. The van der Waals surface area contributed by atoms with Gasteiger partial charge in [0.25, 0.3) is 0 Å². The SMILES string of the molecule is CS(=O)(=O)N1CCc2nc(NC(=O)Nc3ccc(C(F)(F)F)cc3)sc2C1. The first kappa shape index (κ1) is 19.6. The van der Waals surface area contributed by atoms with E-state index in [-0.39, 0.29) is 12.2 Å². The number of halogens is 3. The van der Waals surface area contributed by atoms with Crippen molar-refractivity contribution in [3.05, 3.63) is 40.4 Å². The van der Waals surface area contributed by atoms with Crippen molar-refractivity contribution in [2.75, 3.05) is 23.4 Å². The first-order valence-electron chi connectivity index (χ1n) is 7.71. The lowest BCUT2D eigenvalue weighted by Gasteiger charge is -2.23. The minimum absolute atomic E-state index is 0.199. The van der Waals surface area contributed by atoms with Crippen LogP contribution in [0.1, 0.15) is 16.1 Å². The zero-order chi connectivity index (χ0) is 19.8. The first-order chi connectivity index (χ1) is 12.5. The number of benzene rings is 1. The van der Waals surface area contributed by atoms with E-state index in [1.165, 1.54) is 4.31 Å². The number of hydrogen-bond acceptors (Lipinski definition) is 5. The van der Waals surface area contributed by atoms with Crippen molar-refractivity contribution in [1.29, 1.82) is 0 Å². The smallest absolute Gasteiger partial charge is 0.308 e. The second-order valence-corrected chi connectivity index (χ2v) is 8.96. The molecule has 12 heteroatoms. The van der Waals surface area contributed by atoms with E-state index < -0.39 is 27.8 Å². The zero-order valence-corrected chi connectivity index (χ0v) is 15.6. The number of anilines is 2. The number of nitrogens with one attached hydrogen (secondary N) is 2. The third kappa shape index (κ3) is 4.76. The minimum Gasteiger partial charge on any atom is -0.308 e. The Morgan fingerprint density at radius 1 is 1.22 bits per heavy atom. The molecule has 1 aliphatic heterocycles. The van der Waals surface area contributed by atoms with Crippen LogP contribution < -0.4 is 10.6 Å². The van der Waals surface area contributed by atoms with Gasteiger partial charge in [0.15, 0.2) is 5.13 Å². The molecule has 1 aromatic carbocycles. The number of alkyl halides is 3. The number of rotatable bonds is 3. The predicted molar refractivity (Wildman–Crippen MR) is 95.2 cm³/mol. The summed E-state index contributed by atoms with van der Waals surface area (Å²) >= 11 is 1.16. The van der Waals surface area contributed by atoms with Crippen molar-refractivity contribution in [3.8, 4) is 0 Å². The predicted octanol–water partition coefficient (Wildman–Crippen LogP) is 3.12. The molecule has 27 heavy (non-hydrogen) atoms. The zero-order valence-electron chi connectivity index (χ0n) is 14.0. The van der Waals surface area contributed by atoms with Crippen molar-refractivity contribution in [2.24, 2.45) is 0 Å². The van der Waals surface area contributed by atoms with E-state index in [1.54, 1.807) is 0 Å². The van der Waals surface area contributed by atoms with Crippen LogP contribution in [-0.2, 0) is 29.2 Å². The molecule has 7 nitrogen and oxygen atoms in total. The molecule has 2 N–H and O–H groups in total. The van der Waals surface area contributed by atoms with Gasteiger partial charge in [-0.2, -0.15) is 17.5 Å². The molecule has 1 aromatic heterocycles. The third-order valence-corrected chi connectivity index (χ3v) is 6.10. The molecule has 0 aliphatic carbocycles. The number of urea groups is 1. The molecule has 0 bridgehead atoms. The lowest BCUT2D eigenvalue weighted by Crippen LogP contribution is -2.34. The number of aromatic nitrogens is 1. The molecule has 2 amide bonds. The molecule has 0 saturated carbocycles. The summed E-state index contributed by atoms with van der Waals surface area (Å²) in [5.41, 5.74) is 0.117. The Balaban J connectivity index is 1.63. The summed E-state index contributed by atoms with van der Waals surface area (Å²) in [6.45, 7) is 0.529. The summed E-state index contributed by atoms with van der Waals surface area (Å²) in [6, 6.07) is 3.40. The van der Waals surface area contributed by atoms with Gasteiger partial charge < -0.3 is 5.32 Å². The average molecular weight is 420 g/mol. The van der Waals surface area contributed by atoms with Crippen LogP contribution >= 0.6 is 11.3 Å². The van der Waals surface area contributed by atoms with Crippen molar-refractivity contribution >= 4 is 38.2 Å². The Labute approximate surface area is 157 Å². The molecule has 0 fully saturated rings. The average Bonchev–Trinajstić information content (AvgIpc) is 2.94. The fourth-order valence-electron chi connectivity index (χ4n) is 2.51. The van der Waals surface area contributed by atoms with Gasteiger partial charge in [0, 0.05) is 30.1 Å². The monoisotopic (exact) mass is 420 g/mol. The molecule has 0 unspecified atom stereocenters.